The number of hydrogen-bond donors (Lipinski definition) is 1. The summed E-state index contributed by atoms with van der Waals surface area (Å²) in [7, 11) is -0.847. The van der Waals surface area contributed by atoms with Gasteiger partial charge < -0.3 is 19.0 Å². The number of benzene rings is 2. The predicted octanol–water partition coefficient (Wildman–Crippen LogP) is 4.49. The van der Waals surface area contributed by atoms with Crippen molar-refractivity contribution in [1.29, 1.82) is 0 Å². The Balaban J connectivity index is 1.48. The molecule has 0 saturated carbocycles. The quantitative estimate of drug-likeness (QED) is 0.314. The number of aromatic nitrogens is 2. The summed E-state index contributed by atoms with van der Waals surface area (Å²) in [6.07, 6.45) is 2.03. The number of halogens is 1. The molecule has 3 aromatic heterocycles. The van der Waals surface area contributed by atoms with Crippen molar-refractivity contribution in [2.24, 2.45) is 0 Å². The fourth-order valence-electron chi connectivity index (χ4n) is 5.77. The molecule has 5 aromatic rings. The van der Waals surface area contributed by atoms with Gasteiger partial charge in [-0.05, 0) is 42.8 Å². The molecule has 0 bridgehead atoms. The number of rotatable bonds is 5. The Morgan fingerprint density at radius 1 is 1.14 bits per heavy atom. The van der Waals surface area contributed by atoms with Gasteiger partial charge in [-0.3, -0.25) is 18.8 Å². The van der Waals surface area contributed by atoms with Gasteiger partial charge in [0, 0.05) is 49.5 Å². The van der Waals surface area contributed by atoms with E-state index in [2.05, 4.69) is 5.32 Å². The Morgan fingerprint density at radius 3 is 2.67 bits per heavy atom. The van der Waals surface area contributed by atoms with E-state index in [1.165, 1.54) is 31.1 Å². The molecule has 2 aromatic carbocycles. The van der Waals surface area contributed by atoms with Crippen molar-refractivity contribution in [2.45, 2.75) is 19.6 Å². The molecule has 0 spiro atoms. The summed E-state index contributed by atoms with van der Waals surface area (Å²) in [5.41, 5.74) is 3.19. The number of carbonyl (C=O) groups is 2. The average molecular weight is 604 g/mol. The van der Waals surface area contributed by atoms with Crippen LogP contribution in [0.25, 0.3) is 44.5 Å². The van der Waals surface area contributed by atoms with E-state index in [9.17, 15) is 22.4 Å². The van der Waals surface area contributed by atoms with Crippen molar-refractivity contribution in [3.05, 3.63) is 59.9 Å². The second kappa shape index (κ2) is 9.56. The van der Waals surface area contributed by atoms with Crippen molar-refractivity contribution in [2.75, 3.05) is 36.1 Å². The van der Waals surface area contributed by atoms with E-state index in [1.54, 1.807) is 36.4 Å². The van der Waals surface area contributed by atoms with Gasteiger partial charge in [0.05, 0.1) is 28.8 Å². The number of pyridine rings is 1. The highest BCUT2D eigenvalue weighted by Crippen LogP contribution is 2.44. The van der Waals surface area contributed by atoms with E-state index >= 15 is 0 Å². The summed E-state index contributed by atoms with van der Waals surface area (Å²) in [4.78, 5) is 32.1. The van der Waals surface area contributed by atoms with E-state index in [4.69, 9.17) is 14.1 Å². The molecule has 7 rings (SSSR count). The summed E-state index contributed by atoms with van der Waals surface area (Å²) in [5, 5.41) is 3.44. The monoisotopic (exact) mass is 603 g/mol. The lowest BCUT2D eigenvalue weighted by Crippen LogP contribution is -2.27. The molecule has 2 aliphatic heterocycles. The zero-order chi connectivity index (χ0) is 30.2. The molecule has 1 saturated heterocycles. The number of nitrogens with one attached hydrogen (secondary N) is 1. The molecule has 43 heavy (non-hydrogen) atoms. The number of anilines is 2. The fraction of sp³-hybridized carbons (Fsp3) is 0.233. The minimum absolute atomic E-state index is 0.111. The lowest BCUT2D eigenvalue weighted by Gasteiger charge is -2.23. The van der Waals surface area contributed by atoms with E-state index in [-0.39, 0.29) is 41.2 Å². The van der Waals surface area contributed by atoms with Gasteiger partial charge in [-0.15, -0.1) is 0 Å². The van der Waals surface area contributed by atoms with Crippen LogP contribution in [0.4, 0.5) is 16.0 Å². The number of sulfonamides is 1. The number of nitrogens with zero attached hydrogens (tertiary/aromatic N) is 4. The largest absolute Gasteiger partial charge is 0.470 e. The van der Waals surface area contributed by atoms with Crippen molar-refractivity contribution in [1.82, 2.24) is 14.9 Å². The highest BCUT2D eigenvalue weighted by molar-refractivity contribution is 7.92. The van der Waals surface area contributed by atoms with E-state index < -0.39 is 15.9 Å². The first-order valence-corrected chi connectivity index (χ1v) is 15.4. The van der Waals surface area contributed by atoms with E-state index in [0.29, 0.717) is 64.1 Å². The average Bonchev–Trinajstić information content (AvgIpc) is 3.69. The zero-order valence-corrected chi connectivity index (χ0v) is 24.3. The molecule has 1 N–H and O–H groups in total. The number of amides is 2. The molecule has 0 radical (unpaired) electrons. The van der Waals surface area contributed by atoms with Crippen LogP contribution in [-0.2, 0) is 21.5 Å². The number of furan rings is 1. The van der Waals surface area contributed by atoms with Crippen molar-refractivity contribution >= 4 is 55.3 Å². The smallest absolute Gasteiger partial charge is 0.257 e. The van der Waals surface area contributed by atoms with Gasteiger partial charge in [0.15, 0.2) is 6.73 Å². The van der Waals surface area contributed by atoms with Gasteiger partial charge in [-0.25, -0.2) is 17.8 Å². The Bertz CT molecular complexity index is 2120. The number of ether oxygens (including phenoxy) is 1. The Hall–Kier alpha value is -4.91. The maximum Gasteiger partial charge on any atom is 0.257 e. The third kappa shape index (κ3) is 4.14. The minimum Gasteiger partial charge on any atom is -0.470 e. The van der Waals surface area contributed by atoms with Crippen LogP contribution in [0, 0.1) is 5.82 Å². The summed E-state index contributed by atoms with van der Waals surface area (Å²) in [5.74, 6) is -0.389. The normalized spacial score (nSPS) is 14.6. The van der Waals surface area contributed by atoms with Gasteiger partial charge in [-0.1, -0.05) is 6.07 Å². The molecule has 2 aliphatic rings. The molecule has 5 heterocycles. The Morgan fingerprint density at radius 2 is 1.95 bits per heavy atom. The Kier molecular flexibility index (Phi) is 5.99. The van der Waals surface area contributed by atoms with Crippen LogP contribution in [0.3, 0.4) is 0 Å². The van der Waals surface area contributed by atoms with Crippen LogP contribution in [0.5, 0.6) is 5.75 Å². The first-order valence-electron chi connectivity index (χ1n) is 13.6. The highest BCUT2D eigenvalue weighted by atomic mass is 32.2. The maximum atomic E-state index is 14.7. The van der Waals surface area contributed by atoms with Crippen molar-refractivity contribution < 1.29 is 31.6 Å². The van der Waals surface area contributed by atoms with Crippen molar-refractivity contribution in [3.63, 3.8) is 0 Å². The summed E-state index contributed by atoms with van der Waals surface area (Å²) < 4.78 is 55.2. The Labute approximate surface area is 245 Å². The molecule has 1 fully saturated rings. The third-order valence-electron chi connectivity index (χ3n) is 8.02. The highest BCUT2D eigenvalue weighted by Gasteiger charge is 2.33. The van der Waals surface area contributed by atoms with Crippen LogP contribution in [0.2, 0.25) is 0 Å². The lowest BCUT2D eigenvalue weighted by atomic mass is 10.0. The van der Waals surface area contributed by atoms with Gasteiger partial charge in [-0.2, -0.15) is 0 Å². The molecule has 2 amide bonds. The van der Waals surface area contributed by atoms with E-state index in [0.717, 1.165) is 10.6 Å². The van der Waals surface area contributed by atoms with Gasteiger partial charge >= 0.3 is 0 Å². The molecular weight excluding hydrogens is 577 g/mol. The molecule has 11 nitrogen and oxygen atoms in total. The van der Waals surface area contributed by atoms with Gasteiger partial charge in [0.1, 0.15) is 28.4 Å². The number of fused-ring (bicyclic) bond motifs is 6. The molecule has 0 atom stereocenters. The summed E-state index contributed by atoms with van der Waals surface area (Å²) >= 11 is 0. The van der Waals surface area contributed by atoms with Crippen LogP contribution < -0.4 is 19.3 Å². The van der Waals surface area contributed by atoms with Crippen LogP contribution in [0.1, 0.15) is 23.2 Å². The first-order chi connectivity index (χ1) is 20.6. The van der Waals surface area contributed by atoms with E-state index in [1.807, 2.05) is 4.57 Å². The van der Waals surface area contributed by atoms with Crippen LogP contribution in [-0.4, -0.2) is 56.7 Å². The molecule has 220 valence electrons. The fourth-order valence-corrected chi connectivity index (χ4v) is 6.28. The van der Waals surface area contributed by atoms with Gasteiger partial charge in [0.2, 0.25) is 21.8 Å². The number of carbonyl (C=O) groups excluding carboxylic acids is 2. The lowest BCUT2D eigenvalue weighted by molar-refractivity contribution is -0.117. The molecular formula is C30H26FN5O6S. The third-order valence-corrected chi connectivity index (χ3v) is 9.21. The second-order valence-electron chi connectivity index (χ2n) is 10.6. The van der Waals surface area contributed by atoms with Crippen LogP contribution >= 0.6 is 0 Å². The first kappa shape index (κ1) is 27.0. The minimum atomic E-state index is -3.74. The van der Waals surface area contributed by atoms with Crippen LogP contribution in [0.15, 0.2) is 52.9 Å². The SMILES string of the molecule is CNC(=O)c1c(N2CCCC2=O)oc2cc(N(C)S(C)(=O)=O)c(-c3ccc4c(n3)-c3cc5c(F)cccc5n3CO4)cc12. The summed E-state index contributed by atoms with van der Waals surface area (Å²) in [6.45, 7) is 0.569. The van der Waals surface area contributed by atoms with Crippen molar-refractivity contribution in [3.8, 4) is 28.4 Å². The predicted molar refractivity (Wildman–Crippen MR) is 159 cm³/mol. The standard InChI is InChI=1S/C30H26FN5O6S/c1-32-29(38)27-18-12-17(22(34(2)43(3,39)40)14-25(18)42-30(27)35-11-5-8-26(35)37)20-9-10-24-28(33-20)23-13-16-19(31)6-4-7-21(16)36(23)15-41-24/h4,6-7,9-10,12-14H,5,8,11,15H2,1-3H3,(H,32,38). The number of hydrogen-bond acceptors (Lipinski definition) is 7. The topological polar surface area (TPSA) is 127 Å². The van der Waals surface area contributed by atoms with Gasteiger partial charge in [0.25, 0.3) is 5.91 Å². The summed E-state index contributed by atoms with van der Waals surface area (Å²) in [6, 6.07) is 13.2. The zero-order valence-electron chi connectivity index (χ0n) is 23.5. The second-order valence-corrected chi connectivity index (χ2v) is 12.6. The molecule has 13 heteroatoms. The molecule has 0 unspecified atom stereocenters. The molecule has 0 aliphatic carbocycles. The maximum absolute atomic E-state index is 14.7.